The lowest BCUT2D eigenvalue weighted by molar-refractivity contribution is -0.385. The third-order valence-corrected chi connectivity index (χ3v) is 4.40. The van der Waals surface area contributed by atoms with Crippen molar-refractivity contribution < 1.29 is 4.92 Å². The molecule has 0 bridgehead atoms. The van der Waals surface area contributed by atoms with Gasteiger partial charge in [0, 0.05) is 12.6 Å². The van der Waals surface area contributed by atoms with E-state index in [0.717, 1.165) is 18.9 Å². The quantitative estimate of drug-likeness (QED) is 0.483. The van der Waals surface area contributed by atoms with E-state index in [2.05, 4.69) is 5.32 Å². The Morgan fingerprint density at radius 3 is 2.75 bits per heavy atom. The topological polar surface area (TPSA) is 55.2 Å². The van der Waals surface area contributed by atoms with Crippen molar-refractivity contribution in [2.24, 2.45) is 5.92 Å². The summed E-state index contributed by atoms with van der Waals surface area (Å²) in [5.41, 5.74) is 0.686. The first kappa shape index (κ1) is 15.3. The predicted molar refractivity (Wildman–Crippen MR) is 81.0 cm³/mol. The van der Waals surface area contributed by atoms with Gasteiger partial charge < -0.3 is 5.32 Å². The fraction of sp³-hybridized carbons (Fsp3) is 0.600. The number of nitrogens with zero attached hydrogens (tertiary/aromatic N) is 1. The zero-order chi connectivity index (χ0) is 14.4. The number of nitro benzene ring substituents is 1. The molecule has 0 heterocycles. The Kier molecular flexibility index (Phi) is 5.80. The van der Waals surface area contributed by atoms with Crippen LogP contribution in [0.15, 0.2) is 18.2 Å². The third-order valence-electron chi connectivity index (χ3n) is 4.05. The Morgan fingerprint density at radius 1 is 1.30 bits per heavy atom. The molecule has 2 rings (SSSR count). The summed E-state index contributed by atoms with van der Waals surface area (Å²) in [4.78, 5) is 10.6. The molecule has 1 N–H and O–H groups in total. The number of nitro groups is 1. The van der Waals surface area contributed by atoms with Crippen molar-refractivity contribution in [2.75, 3.05) is 6.54 Å². The van der Waals surface area contributed by atoms with Crippen LogP contribution in [-0.2, 0) is 6.54 Å². The average molecular weight is 297 g/mol. The molecule has 0 radical (unpaired) electrons. The van der Waals surface area contributed by atoms with Crippen molar-refractivity contribution in [3.63, 3.8) is 0 Å². The highest BCUT2D eigenvalue weighted by atomic mass is 35.5. The maximum absolute atomic E-state index is 11.0. The lowest BCUT2D eigenvalue weighted by atomic mass is 9.87. The van der Waals surface area contributed by atoms with Crippen LogP contribution < -0.4 is 5.32 Å². The molecule has 110 valence electrons. The zero-order valence-electron chi connectivity index (χ0n) is 11.6. The molecule has 20 heavy (non-hydrogen) atoms. The van der Waals surface area contributed by atoms with Crippen LogP contribution >= 0.6 is 11.6 Å². The van der Waals surface area contributed by atoms with Crippen LogP contribution in [0.25, 0.3) is 0 Å². The molecule has 1 aromatic rings. The van der Waals surface area contributed by atoms with Crippen LogP contribution in [0.3, 0.4) is 0 Å². The maximum Gasteiger partial charge on any atom is 0.275 e. The van der Waals surface area contributed by atoms with E-state index in [1.165, 1.54) is 38.2 Å². The van der Waals surface area contributed by atoms with E-state index in [9.17, 15) is 10.1 Å². The monoisotopic (exact) mass is 296 g/mol. The highest BCUT2D eigenvalue weighted by Crippen LogP contribution is 2.27. The number of benzene rings is 1. The molecule has 0 aliphatic heterocycles. The van der Waals surface area contributed by atoms with Gasteiger partial charge in [0.1, 0.15) is 0 Å². The summed E-state index contributed by atoms with van der Waals surface area (Å²) in [6.45, 7) is 1.36. The van der Waals surface area contributed by atoms with Gasteiger partial charge in [0.25, 0.3) is 5.69 Å². The molecule has 5 heteroatoms. The van der Waals surface area contributed by atoms with Gasteiger partial charge in [0.05, 0.1) is 15.5 Å². The SMILES string of the molecule is O=[N+]([O-])c1cccc(Cl)c1CNCCC1CCCCC1. The van der Waals surface area contributed by atoms with Crippen LogP contribution in [0.2, 0.25) is 5.02 Å². The summed E-state index contributed by atoms with van der Waals surface area (Å²) < 4.78 is 0. The molecule has 0 atom stereocenters. The fourth-order valence-corrected chi connectivity index (χ4v) is 3.13. The van der Waals surface area contributed by atoms with E-state index in [0.29, 0.717) is 17.1 Å². The first-order valence-corrected chi connectivity index (χ1v) is 7.69. The lowest BCUT2D eigenvalue weighted by Gasteiger charge is -2.21. The molecule has 0 spiro atoms. The second kappa shape index (κ2) is 7.60. The minimum Gasteiger partial charge on any atom is -0.312 e. The van der Waals surface area contributed by atoms with Gasteiger partial charge >= 0.3 is 0 Å². The molecule has 0 unspecified atom stereocenters. The van der Waals surface area contributed by atoms with Gasteiger partial charge in [-0.05, 0) is 24.9 Å². The van der Waals surface area contributed by atoms with Gasteiger partial charge in [-0.2, -0.15) is 0 Å². The highest BCUT2D eigenvalue weighted by Gasteiger charge is 2.16. The van der Waals surface area contributed by atoms with Gasteiger partial charge in [0.2, 0.25) is 0 Å². The van der Waals surface area contributed by atoms with Crippen molar-refractivity contribution in [3.8, 4) is 0 Å². The van der Waals surface area contributed by atoms with Crippen molar-refractivity contribution in [1.29, 1.82) is 0 Å². The van der Waals surface area contributed by atoms with Crippen LogP contribution in [0, 0.1) is 16.0 Å². The maximum atomic E-state index is 11.0. The summed E-state index contributed by atoms with van der Waals surface area (Å²) in [6, 6.07) is 4.82. The third kappa shape index (κ3) is 4.18. The van der Waals surface area contributed by atoms with Gasteiger partial charge in [-0.1, -0.05) is 49.8 Å². The van der Waals surface area contributed by atoms with E-state index >= 15 is 0 Å². The Morgan fingerprint density at radius 2 is 2.05 bits per heavy atom. The molecule has 0 aromatic heterocycles. The fourth-order valence-electron chi connectivity index (χ4n) is 2.89. The Bertz CT molecular complexity index is 459. The molecule has 1 aliphatic rings. The first-order chi connectivity index (χ1) is 9.68. The second-order valence-corrected chi connectivity index (χ2v) is 5.87. The highest BCUT2D eigenvalue weighted by molar-refractivity contribution is 6.31. The summed E-state index contributed by atoms with van der Waals surface area (Å²) in [6.07, 6.45) is 7.87. The molecule has 4 nitrogen and oxygen atoms in total. The zero-order valence-corrected chi connectivity index (χ0v) is 12.4. The summed E-state index contributed by atoms with van der Waals surface area (Å²) in [7, 11) is 0. The van der Waals surface area contributed by atoms with Gasteiger partial charge in [-0.3, -0.25) is 10.1 Å². The Hall–Kier alpha value is -1.13. The smallest absolute Gasteiger partial charge is 0.275 e. The molecule has 0 amide bonds. The molecule has 1 aliphatic carbocycles. The predicted octanol–water partition coefficient (Wildman–Crippen LogP) is 4.31. The minimum atomic E-state index is -0.371. The number of halogens is 1. The van der Waals surface area contributed by atoms with Crippen molar-refractivity contribution in [3.05, 3.63) is 38.9 Å². The van der Waals surface area contributed by atoms with Crippen LogP contribution in [0.4, 0.5) is 5.69 Å². The van der Waals surface area contributed by atoms with E-state index in [4.69, 9.17) is 11.6 Å². The number of rotatable bonds is 6. The van der Waals surface area contributed by atoms with E-state index in [1.807, 2.05) is 0 Å². The summed E-state index contributed by atoms with van der Waals surface area (Å²) in [5, 5.41) is 14.7. The Balaban J connectivity index is 1.83. The van der Waals surface area contributed by atoms with E-state index < -0.39 is 0 Å². The average Bonchev–Trinajstić information content (AvgIpc) is 2.45. The Labute approximate surface area is 124 Å². The van der Waals surface area contributed by atoms with Crippen molar-refractivity contribution in [1.82, 2.24) is 5.32 Å². The molecular formula is C15H21ClN2O2. The summed E-state index contributed by atoms with van der Waals surface area (Å²) >= 11 is 6.06. The van der Waals surface area contributed by atoms with Gasteiger partial charge in [-0.25, -0.2) is 0 Å². The standard InChI is InChI=1S/C15H21ClN2O2/c16-14-7-4-8-15(18(19)20)13(14)11-17-10-9-12-5-2-1-3-6-12/h4,7-8,12,17H,1-3,5-6,9-11H2. The molecule has 1 saturated carbocycles. The molecule has 0 saturated heterocycles. The number of nitrogens with one attached hydrogen (secondary N) is 1. The van der Waals surface area contributed by atoms with E-state index in [1.54, 1.807) is 12.1 Å². The summed E-state index contributed by atoms with van der Waals surface area (Å²) in [5.74, 6) is 0.817. The lowest BCUT2D eigenvalue weighted by Crippen LogP contribution is -2.19. The van der Waals surface area contributed by atoms with Crippen molar-refractivity contribution >= 4 is 17.3 Å². The van der Waals surface area contributed by atoms with Crippen LogP contribution in [-0.4, -0.2) is 11.5 Å². The number of hydrogen-bond acceptors (Lipinski definition) is 3. The van der Waals surface area contributed by atoms with Crippen molar-refractivity contribution in [2.45, 2.75) is 45.1 Å². The van der Waals surface area contributed by atoms with Crippen LogP contribution in [0.5, 0.6) is 0 Å². The molecule has 1 fully saturated rings. The molecular weight excluding hydrogens is 276 g/mol. The van der Waals surface area contributed by atoms with E-state index in [-0.39, 0.29) is 10.6 Å². The van der Waals surface area contributed by atoms with Gasteiger partial charge in [-0.15, -0.1) is 0 Å². The normalized spacial score (nSPS) is 16.2. The second-order valence-electron chi connectivity index (χ2n) is 5.46. The van der Waals surface area contributed by atoms with Crippen LogP contribution in [0.1, 0.15) is 44.1 Å². The minimum absolute atomic E-state index is 0.0997. The largest absolute Gasteiger partial charge is 0.312 e. The number of hydrogen-bond donors (Lipinski definition) is 1. The first-order valence-electron chi connectivity index (χ1n) is 7.31. The van der Waals surface area contributed by atoms with Gasteiger partial charge in [0.15, 0.2) is 0 Å². The molecule has 1 aromatic carbocycles.